The fourth-order valence-electron chi connectivity index (χ4n) is 0.831. The second kappa shape index (κ2) is 8.22. The van der Waals surface area contributed by atoms with Gasteiger partial charge in [-0.3, -0.25) is 9.05 Å². The summed E-state index contributed by atoms with van der Waals surface area (Å²) >= 11 is 0. The van der Waals surface area contributed by atoms with Crippen molar-refractivity contribution >= 4 is 13.8 Å². The number of esters is 1. The molecule has 100 valence electrons. The molecule has 0 aliphatic rings. The average Bonchev–Trinajstić information content (AvgIpc) is 2.27. The van der Waals surface area contributed by atoms with Crippen LogP contribution in [0.5, 0.6) is 0 Å². The normalized spacial score (nSPS) is 12.4. The van der Waals surface area contributed by atoms with E-state index in [-0.39, 0.29) is 26.2 Å². The van der Waals surface area contributed by atoms with Gasteiger partial charge in [-0.2, -0.15) is 0 Å². The number of phosphoric ester groups is 1. The molecule has 0 spiro atoms. The summed E-state index contributed by atoms with van der Waals surface area (Å²) in [7, 11) is -3.98. The van der Waals surface area contributed by atoms with Crippen molar-refractivity contribution in [3.05, 3.63) is 12.1 Å². The fraction of sp³-hybridized carbons (Fsp3) is 0.667. The molecule has 0 aromatic carbocycles. The molecular weight excluding hydrogens is 254 g/mol. The third kappa shape index (κ3) is 5.81. The van der Waals surface area contributed by atoms with E-state index < -0.39 is 19.6 Å². The molecule has 6 nitrogen and oxygen atoms in total. The molecule has 0 aliphatic heterocycles. The standard InChI is InChI=1S/C9H16FO6P/c1-4-13-9(11)8(7-10)16-17(12,14-5-2)15-6-3/h7H,4-6H2,1-3H3/b8-7-. The Morgan fingerprint density at radius 2 is 1.71 bits per heavy atom. The third-order valence-electron chi connectivity index (χ3n) is 1.36. The van der Waals surface area contributed by atoms with Crippen LogP contribution < -0.4 is 0 Å². The first-order chi connectivity index (χ1) is 8.02. The van der Waals surface area contributed by atoms with E-state index in [9.17, 15) is 13.8 Å². The molecule has 0 bridgehead atoms. The third-order valence-corrected chi connectivity index (χ3v) is 2.93. The number of carbonyl (C=O) groups is 1. The van der Waals surface area contributed by atoms with Gasteiger partial charge in [0.2, 0.25) is 5.76 Å². The summed E-state index contributed by atoms with van der Waals surface area (Å²) in [5, 5.41) is 0. The zero-order valence-corrected chi connectivity index (χ0v) is 10.9. The van der Waals surface area contributed by atoms with Crippen molar-refractivity contribution in [2.24, 2.45) is 0 Å². The lowest BCUT2D eigenvalue weighted by atomic mass is 10.6. The molecular formula is C9H16FO6P. The van der Waals surface area contributed by atoms with Gasteiger partial charge in [-0.05, 0) is 20.8 Å². The van der Waals surface area contributed by atoms with Crippen LogP contribution in [0.3, 0.4) is 0 Å². The van der Waals surface area contributed by atoms with Gasteiger partial charge in [0.05, 0.1) is 19.8 Å². The van der Waals surface area contributed by atoms with Crippen molar-refractivity contribution in [2.45, 2.75) is 20.8 Å². The van der Waals surface area contributed by atoms with E-state index in [1.54, 1.807) is 20.8 Å². The van der Waals surface area contributed by atoms with Crippen LogP contribution in [-0.4, -0.2) is 25.8 Å². The molecule has 0 unspecified atom stereocenters. The minimum atomic E-state index is -3.98. The van der Waals surface area contributed by atoms with Crippen molar-refractivity contribution in [1.29, 1.82) is 0 Å². The Morgan fingerprint density at radius 1 is 1.18 bits per heavy atom. The summed E-state index contributed by atoms with van der Waals surface area (Å²) in [5.74, 6) is -1.92. The number of hydrogen-bond donors (Lipinski definition) is 0. The van der Waals surface area contributed by atoms with E-state index in [0.717, 1.165) is 0 Å². The van der Waals surface area contributed by atoms with Crippen molar-refractivity contribution in [2.75, 3.05) is 19.8 Å². The molecule has 0 aromatic rings. The molecule has 8 heteroatoms. The Bertz CT molecular complexity index is 307. The van der Waals surface area contributed by atoms with Crippen LogP contribution in [0, 0.1) is 0 Å². The van der Waals surface area contributed by atoms with Crippen molar-refractivity contribution in [3.63, 3.8) is 0 Å². The lowest BCUT2D eigenvalue weighted by Crippen LogP contribution is -2.11. The summed E-state index contributed by atoms with van der Waals surface area (Å²) in [6.45, 7) is 4.74. The van der Waals surface area contributed by atoms with E-state index >= 15 is 0 Å². The van der Waals surface area contributed by atoms with Crippen LogP contribution in [0.15, 0.2) is 12.1 Å². The second-order valence-corrected chi connectivity index (χ2v) is 4.16. The van der Waals surface area contributed by atoms with Crippen molar-refractivity contribution < 1.29 is 32.1 Å². The maximum Gasteiger partial charge on any atom is 0.530 e. The average molecular weight is 270 g/mol. The summed E-state index contributed by atoms with van der Waals surface area (Å²) in [4.78, 5) is 11.2. The van der Waals surface area contributed by atoms with Gasteiger partial charge >= 0.3 is 13.8 Å². The molecule has 0 saturated heterocycles. The van der Waals surface area contributed by atoms with Crippen LogP contribution in [0.4, 0.5) is 4.39 Å². The summed E-state index contributed by atoms with van der Waals surface area (Å²) < 4.78 is 42.8. The van der Waals surface area contributed by atoms with Crippen LogP contribution >= 0.6 is 7.82 Å². The first-order valence-electron chi connectivity index (χ1n) is 5.09. The lowest BCUT2D eigenvalue weighted by molar-refractivity contribution is -0.141. The van der Waals surface area contributed by atoms with Gasteiger partial charge in [0.25, 0.3) is 0 Å². The molecule has 0 radical (unpaired) electrons. The highest BCUT2D eigenvalue weighted by Gasteiger charge is 2.31. The molecule has 0 rings (SSSR count). The van der Waals surface area contributed by atoms with Crippen LogP contribution in [-0.2, 0) is 27.7 Å². The van der Waals surface area contributed by atoms with Gasteiger partial charge in [0.1, 0.15) is 6.33 Å². The van der Waals surface area contributed by atoms with Gasteiger partial charge in [0.15, 0.2) is 0 Å². The highest BCUT2D eigenvalue weighted by atomic mass is 31.2. The van der Waals surface area contributed by atoms with Crippen LogP contribution in [0.2, 0.25) is 0 Å². The maximum atomic E-state index is 12.4. The number of ether oxygens (including phenoxy) is 1. The van der Waals surface area contributed by atoms with Gasteiger partial charge in [-0.15, -0.1) is 0 Å². The predicted octanol–water partition coefficient (Wildman–Crippen LogP) is 2.56. The zero-order chi connectivity index (χ0) is 13.3. The Labute approximate surface area is 99.3 Å². The van der Waals surface area contributed by atoms with Gasteiger partial charge in [0, 0.05) is 0 Å². The minimum absolute atomic E-state index is 0.0274. The van der Waals surface area contributed by atoms with Crippen LogP contribution in [0.25, 0.3) is 0 Å². The van der Waals surface area contributed by atoms with E-state index in [4.69, 9.17) is 9.05 Å². The highest BCUT2D eigenvalue weighted by molar-refractivity contribution is 7.48. The lowest BCUT2D eigenvalue weighted by Gasteiger charge is -2.17. The molecule has 17 heavy (non-hydrogen) atoms. The molecule has 0 amide bonds. The zero-order valence-electron chi connectivity index (χ0n) is 9.97. The van der Waals surface area contributed by atoms with Gasteiger partial charge in [-0.1, -0.05) is 0 Å². The number of rotatable bonds is 8. The molecule has 0 aliphatic carbocycles. The maximum absolute atomic E-state index is 12.4. The van der Waals surface area contributed by atoms with Crippen LogP contribution in [0.1, 0.15) is 20.8 Å². The van der Waals surface area contributed by atoms with E-state index in [1.165, 1.54) is 0 Å². The monoisotopic (exact) mass is 270 g/mol. The molecule has 0 aromatic heterocycles. The summed E-state index contributed by atoms with van der Waals surface area (Å²) in [6, 6.07) is 0. The minimum Gasteiger partial charge on any atom is -0.460 e. The smallest absolute Gasteiger partial charge is 0.460 e. The Balaban J connectivity index is 4.72. The first-order valence-corrected chi connectivity index (χ1v) is 6.55. The quantitative estimate of drug-likeness (QED) is 0.292. The van der Waals surface area contributed by atoms with Gasteiger partial charge < -0.3 is 9.26 Å². The fourth-order valence-corrected chi connectivity index (χ4v) is 2.00. The molecule has 0 heterocycles. The van der Waals surface area contributed by atoms with E-state index in [2.05, 4.69) is 9.26 Å². The van der Waals surface area contributed by atoms with Crippen molar-refractivity contribution in [1.82, 2.24) is 0 Å². The molecule has 0 N–H and O–H groups in total. The second-order valence-electron chi connectivity index (χ2n) is 2.57. The molecule has 0 atom stereocenters. The number of carbonyl (C=O) groups excluding carboxylic acids is 1. The Morgan fingerprint density at radius 3 is 2.06 bits per heavy atom. The number of phosphoric acid groups is 1. The topological polar surface area (TPSA) is 71.1 Å². The molecule has 0 saturated carbocycles. The molecule has 0 fully saturated rings. The SMILES string of the molecule is CCOC(=O)/C(=C/F)OP(=O)(OCC)OCC. The highest BCUT2D eigenvalue weighted by Crippen LogP contribution is 2.51. The Hall–Kier alpha value is -0.910. The number of halogens is 1. The largest absolute Gasteiger partial charge is 0.530 e. The summed E-state index contributed by atoms with van der Waals surface area (Å²) in [6.07, 6.45) is -0.150. The Kier molecular flexibility index (Phi) is 7.78. The summed E-state index contributed by atoms with van der Waals surface area (Å²) in [5.41, 5.74) is 0. The van der Waals surface area contributed by atoms with Crippen molar-refractivity contribution in [3.8, 4) is 0 Å². The number of hydrogen-bond acceptors (Lipinski definition) is 6. The predicted molar refractivity (Wildman–Crippen MR) is 57.8 cm³/mol. The van der Waals surface area contributed by atoms with E-state index in [0.29, 0.717) is 0 Å². The van der Waals surface area contributed by atoms with E-state index in [1.807, 2.05) is 0 Å². The first kappa shape index (κ1) is 16.1. The van der Waals surface area contributed by atoms with Gasteiger partial charge in [-0.25, -0.2) is 13.8 Å².